The number of carbonyl (C=O) groups is 1. The third kappa shape index (κ3) is 3.43. The number of pyridine rings is 1. The summed E-state index contributed by atoms with van der Waals surface area (Å²) in [6.07, 6.45) is 0. The smallest absolute Gasteiger partial charge is 0.316 e. The molecule has 0 spiro atoms. The number of ether oxygens (including phenoxy) is 1. The average molecular weight is 281 g/mol. The second kappa shape index (κ2) is 6.18. The summed E-state index contributed by atoms with van der Waals surface area (Å²) in [5, 5.41) is 4.23. The Kier molecular flexibility index (Phi) is 5.18. The third-order valence-electron chi connectivity index (χ3n) is 1.69. The van der Waals surface area contributed by atoms with Gasteiger partial charge in [-0.05, 0) is 6.07 Å². The van der Waals surface area contributed by atoms with Gasteiger partial charge < -0.3 is 10.1 Å². The molecule has 4 nitrogen and oxygen atoms in total. The molecule has 1 heterocycles. The van der Waals surface area contributed by atoms with Gasteiger partial charge in [0.1, 0.15) is 10.8 Å². The minimum atomic E-state index is -0.330. The van der Waals surface area contributed by atoms with Crippen molar-refractivity contribution in [2.45, 2.75) is 5.03 Å². The Bertz CT molecular complexity index is 401. The number of hydrogen-bond acceptors (Lipinski definition) is 5. The maximum atomic E-state index is 11.0. The summed E-state index contributed by atoms with van der Waals surface area (Å²) in [4.78, 5) is 15.1. The Hall–Kier alpha value is -0.650. The number of aromatic nitrogens is 1. The number of anilines is 1. The molecule has 0 bridgehead atoms. The van der Waals surface area contributed by atoms with Crippen molar-refractivity contribution in [2.75, 3.05) is 25.2 Å². The van der Waals surface area contributed by atoms with Gasteiger partial charge in [-0.2, -0.15) is 0 Å². The van der Waals surface area contributed by atoms with Crippen LogP contribution in [0.15, 0.2) is 11.1 Å². The molecule has 16 heavy (non-hydrogen) atoms. The minimum absolute atomic E-state index is 0.161. The lowest BCUT2D eigenvalue weighted by Crippen LogP contribution is -2.04. The van der Waals surface area contributed by atoms with E-state index in [9.17, 15) is 4.79 Å². The van der Waals surface area contributed by atoms with Crippen molar-refractivity contribution in [1.29, 1.82) is 0 Å². The fourth-order valence-corrected chi connectivity index (χ4v) is 2.25. The predicted molar refractivity (Wildman–Crippen MR) is 66.5 cm³/mol. The normalized spacial score (nSPS) is 10.0. The molecule has 0 aromatic carbocycles. The zero-order valence-corrected chi connectivity index (χ0v) is 11.0. The summed E-state index contributed by atoms with van der Waals surface area (Å²) in [7, 11) is 3.04. The number of nitrogens with zero attached hydrogens (tertiary/aromatic N) is 1. The number of hydrogen-bond donors (Lipinski definition) is 1. The largest absolute Gasteiger partial charge is 0.468 e. The van der Waals surface area contributed by atoms with Gasteiger partial charge in [0.2, 0.25) is 0 Å². The highest BCUT2D eigenvalue weighted by molar-refractivity contribution is 8.00. The van der Waals surface area contributed by atoms with Gasteiger partial charge in [-0.1, -0.05) is 35.0 Å². The lowest BCUT2D eigenvalue weighted by atomic mass is 10.4. The molecule has 1 rings (SSSR count). The van der Waals surface area contributed by atoms with Gasteiger partial charge in [-0.3, -0.25) is 4.79 Å². The van der Waals surface area contributed by atoms with Crippen LogP contribution in [0.5, 0.6) is 0 Å². The van der Waals surface area contributed by atoms with E-state index in [0.29, 0.717) is 20.9 Å². The van der Waals surface area contributed by atoms with Gasteiger partial charge >= 0.3 is 5.97 Å². The van der Waals surface area contributed by atoms with Crippen molar-refractivity contribution >= 4 is 46.8 Å². The molecule has 0 aliphatic carbocycles. The minimum Gasteiger partial charge on any atom is -0.468 e. The summed E-state index contributed by atoms with van der Waals surface area (Å²) >= 11 is 13.0. The van der Waals surface area contributed by atoms with Crippen LogP contribution in [-0.4, -0.2) is 30.9 Å². The first-order valence-corrected chi connectivity index (χ1v) is 6.06. The van der Waals surface area contributed by atoms with E-state index in [1.165, 1.54) is 18.9 Å². The monoisotopic (exact) mass is 280 g/mol. The first-order chi connectivity index (χ1) is 7.58. The molecule has 0 aliphatic heterocycles. The van der Waals surface area contributed by atoms with Gasteiger partial charge in [-0.25, -0.2) is 4.98 Å². The molecule has 1 N–H and O–H groups in total. The highest BCUT2D eigenvalue weighted by atomic mass is 35.5. The summed E-state index contributed by atoms with van der Waals surface area (Å²) in [6, 6.07) is 1.58. The predicted octanol–water partition coefficient (Wildman–Crippen LogP) is 2.70. The number of thioether (sulfide) groups is 1. The Balaban J connectivity index is 2.83. The number of halogens is 2. The molecule has 0 radical (unpaired) electrons. The zero-order chi connectivity index (χ0) is 12.1. The molecule has 0 fully saturated rings. The van der Waals surface area contributed by atoms with Crippen molar-refractivity contribution in [3.63, 3.8) is 0 Å². The molecule has 1 aromatic heterocycles. The Labute approximate surface area is 108 Å². The lowest BCUT2D eigenvalue weighted by Gasteiger charge is -2.07. The molecule has 0 saturated carbocycles. The molecule has 0 unspecified atom stereocenters. The average Bonchev–Trinajstić information content (AvgIpc) is 2.27. The molecular weight excluding hydrogens is 271 g/mol. The standard InChI is InChI=1S/C9H10Cl2N2O2S/c1-12-8-5(10)3-6(11)9(13-8)16-4-7(14)15-2/h3H,4H2,1-2H3,(H,12,13). The Morgan fingerprint density at radius 1 is 1.56 bits per heavy atom. The van der Waals surface area contributed by atoms with Crippen LogP contribution in [0, 0.1) is 0 Å². The molecule has 0 amide bonds. The molecule has 7 heteroatoms. The van der Waals surface area contributed by atoms with Crippen LogP contribution in [0.25, 0.3) is 0 Å². The number of rotatable bonds is 4. The topological polar surface area (TPSA) is 51.2 Å². The van der Waals surface area contributed by atoms with Crippen molar-refractivity contribution < 1.29 is 9.53 Å². The lowest BCUT2D eigenvalue weighted by molar-refractivity contribution is -0.137. The van der Waals surface area contributed by atoms with Gasteiger partial charge in [0.05, 0.1) is 22.9 Å². The van der Waals surface area contributed by atoms with E-state index in [4.69, 9.17) is 23.2 Å². The molecule has 1 aromatic rings. The molecule has 0 saturated heterocycles. The first kappa shape index (κ1) is 13.4. The van der Waals surface area contributed by atoms with Gasteiger partial charge in [-0.15, -0.1) is 0 Å². The van der Waals surface area contributed by atoms with Crippen LogP contribution in [-0.2, 0) is 9.53 Å². The van der Waals surface area contributed by atoms with E-state index in [-0.39, 0.29) is 11.7 Å². The quantitative estimate of drug-likeness (QED) is 0.679. The van der Waals surface area contributed by atoms with Gasteiger partial charge in [0.25, 0.3) is 0 Å². The van der Waals surface area contributed by atoms with Crippen LogP contribution in [0.3, 0.4) is 0 Å². The fraction of sp³-hybridized carbons (Fsp3) is 0.333. The van der Waals surface area contributed by atoms with Crippen LogP contribution in [0.2, 0.25) is 10.0 Å². The number of carbonyl (C=O) groups excluding carboxylic acids is 1. The number of methoxy groups -OCH3 is 1. The van der Waals surface area contributed by atoms with E-state index >= 15 is 0 Å². The Morgan fingerprint density at radius 3 is 2.81 bits per heavy atom. The number of esters is 1. The summed E-state index contributed by atoms with van der Waals surface area (Å²) in [6.45, 7) is 0. The van der Waals surface area contributed by atoms with Crippen LogP contribution >= 0.6 is 35.0 Å². The zero-order valence-electron chi connectivity index (χ0n) is 8.71. The van der Waals surface area contributed by atoms with E-state index in [2.05, 4.69) is 15.0 Å². The highest BCUT2D eigenvalue weighted by Gasteiger charge is 2.11. The summed E-state index contributed by atoms with van der Waals surface area (Å²) in [5.74, 6) is 0.357. The molecule has 0 atom stereocenters. The second-order valence-corrected chi connectivity index (χ2v) is 4.50. The Morgan fingerprint density at radius 2 is 2.25 bits per heavy atom. The first-order valence-electron chi connectivity index (χ1n) is 4.32. The van der Waals surface area contributed by atoms with Crippen molar-refractivity contribution in [2.24, 2.45) is 0 Å². The SMILES string of the molecule is CNc1nc(SCC(=O)OC)c(Cl)cc1Cl. The van der Waals surface area contributed by atoms with Crippen LogP contribution < -0.4 is 5.32 Å². The van der Waals surface area contributed by atoms with Crippen molar-refractivity contribution in [3.05, 3.63) is 16.1 Å². The molecular formula is C9H10Cl2N2O2S. The van der Waals surface area contributed by atoms with Crippen molar-refractivity contribution in [1.82, 2.24) is 4.98 Å². The van der Waals surface area contributed by atoms with E-state index in [1.807, 2.05) is 0 Å². The summed E-state index contributed by atoms with van der Waals surface area (Å²) in [5.41, 5.74) is 0. The fourth-order valence-electron chi connectivity index (χ4n) is 0.912. The maximum Gasteiger partial charge on any atom is 0.316 e. The van der Waals surface area contributed by atoms with E-state index in [0.717, 1.165) is 0 Å². The molecule has 88 valence electrons. The second-order valence-electron chi connectivity index (χ2n) is 2.72. The van der Waals surface area contributed by atoms with Crippen LogP contribution in [0.1, 0.15) is 0 Å². The van der Waals surface area contributed by atoms with E-state index < -0.39 is 0 Å². The van der Waals surface area contributed by atoms with Crippen LogP contribution in [0.4, 0.5) is 5.82 Å². The highest BCUT2D eigenvalue weighted by Crippen LogP contribution is 2.31. The maximum absolute atomic E-state index is 11.0. The molecule has 0 aliphatic rings. The van der Waals surface area contributed by atoms with Gasteiger partial charge in [0.15, 0.2) is 0 Å². The van der Waals surface area contributed by atoms with Crippen molar-refractivity contribution in [3.8, 4) is 0 Å². The summed E-state index contributed by atoms with van der Waals surface area (Å²) < 4.78 is 4.52. The van der Waals surface area contributed by atoms with Gasteiger partial charge in [0, 0.05) is 7.05 Å². The number of nitrogens with one attached hydrogen (secondary N) is 1. The third-order valence-corrected chi connectivity index (χ3v) is 3.34. The van der Waals surface area contributed by atoms with E-state index in [1.54, 1.807) is 13.1 Å².